The van der Waals surface area contributed by atoms with Crippen LogP contribution < -0.4 is 11.4 Å². The fraction of sp³-hybridized carbons (Fsp3) is 0.525. The fourth-order valence-electron chi connectivity index (χ4n) is 25.8. The molecule has 0 bridgehead atoms. The zero-order valence-corrected chi connectivity index (χ0v) is 88.8. The Hall–Kier alpha value is -10.7. The van der Waals surface area contributed by atoms with Gasteiger partial charge >= 0.3 is 11.7 Å². The van der Waals surface area contributed by atoms with Crippen molar-refractivity contribution in [3.05, 3.63) is 215 Å². The van der Waals surface area contributed by atoms with Crippen LogP contribution in [0.15, 0.2) is 187 Å². The molecule has 0 saturated heterocycles. The number of anilines is 1. The van der Waals surface area contributed by atoms with Gasteiger partial charge in [-0.3, -0.25) is 27.4 Å². The number of aliphatic hydroxyl groups is 1. The number of nitriles is 1. The number of carboxylic acids is 1. The van der Waals surface area contributed by atoms with Crippen molar-refractivity contribution in [3.8, 4) is 6.07 Å². The number of nitrogens with one attached hydrogen (secondary N) is 2. The van der Waals surface area contributed by atoms with Gasteiger partial charge in [-0.1, -0.05) is 317 Å². The Bertz CT molecular complexity index is 6600. The molecule has 6 aliphatic carbocycles. The molecule has 0 fully saturated rings. The summed E-state index contributed by atoms with van der Waals surface area (Å²) >= 11 is 5.65. The van der Waals surface area contributed by atoms with Crippen molar-refractivity contribution < 1.29 is 15.0 Å². The number of aromatic nitrogens is 12. The number of aromatic carboxylic acids is 1. The zero-order valence-electron chi connectivity index (χ0n) is 88.0. The molecule has 6 N–H and O–H groups in total. The molecule has 137 heavy (non-hydrogen) atoms. The Kier molecular flexibility index (Phi) is 31.0. The molecule has 0 spiro atoms. The lowest BCUT2D eigenvalue weighted by Crippen LogP contribution is -2.37. The van der Waals surface area contributed by atoms with E-state index in [1.165, 1.54) is 34.0 Å². The number of nitrogens with two attached hydrogens (primary N) is 1. The summed E-state index contributed by atoms with van der Waals surface area (Å²) in [5.41, 5.74) is 26.3. The van der Waals surface area contributed by atoms with Gasteiger partial charge in [-0.05, 0) is 230 Å². The Morgan fingerprint density at radius 1 is 0.372 bits per heavy atom. The van der Waals surface area contributed by atoms with Crippen LogP contribution in [0.25, 0.3) is 100 Å². The van der Waals surface area contributed by atoms with Gasteiger partial charge in [0.25, 0.3) is 0 Å². The van der Waals surface area contributed by atoms with Crippen LogP contribution in [0, 0.1) is 155 Å². The summed E-state index contributed by atoms with van der Waals surface area (Å²) in [5.74, 6) is 11.7. The van der Waals surface area contributed by atoms with Crippen molar-refractivity contribution in [2.24, 2.45) is 139 Å². The molecular weight excluding hydrogens is 1710 g/mol. The summed E-state index contributed by atoms with van der Waals surface area (Å²) in [6.45, 7) is 69.5. The normalized spacial score (nSPS) is 24.8. The second-order valence-corrected chi connectivity index (χ2v) is 45.7. The van der Waals surface area contributed by atoms with Crippen LogP contribution in [0.5, 0.6) is 0 Å². The van der Waals surface area contributed by atoms with Crippen molar-refractivity contribution in [3.63, 3.8) is 0 Å². The standard InChI is InChI=1S/C21H27N3.C20H26N2O2.C20H28N2O.C19H27N3.C19H26N2O.C19H26N2S/c1-14(2)16-10-11-19(21(16,5)15(3)4)24-18-9-7-6-8-17(18)23-20(24)12-13-22;1-12(2)14-10-11-17(20(14,5)13(3)4)22-16-9-7-6-8-15(16)21-18(22)19(23)24;1-13(2)15-10-11-18(20(15,5)14(3)4)22-17-9-7-6-8-16(17)21-19(22)12-23;1-12(2)14-10-11-17(19(14,5)13(3)4)22-16-9-7-6-8-15(16)21-18(22)20;2*1-12(2)14-10-11-17(19(14,5)13(3)4)21-16-9-7-6-8-15(16)20-18(21)22/h6-9,11,14-16H,10,12H2,1-5H3;6-9,11-14H,10H2,1-5H3,(H,23,24);6-9,11,13-15,23H,10,12H2,1-5H3;6-9,11-14H,10H2,1-5H3,(H2,20,21);2*6-9,11-14H,10H2,1-5H3,(H,20,22)/t16?,21-;14?,20-;15?,20-;3*14?,19-/m000000/s1. The number of rotatable bonds is 21. The molecule has 732 valence electrons. The first-order valence-electron chi connectivity index (χ1n) is 51.2. The van der Waals surface area contributed by atoms with Gasteiger partial charge in [-0.15, -0.1) is 0 Å². The number of aromatic amines is 2. The lowest BCUT2D eigenvalue weighted by Gasteiger charge is -2.41. The van der Waals surface area contributed by atoms with E-state index >= 15 is 0 Å². The van der Waals surface area contributed by atoms with Gasteiger partial charge in [-0.25, -0.2) is 29.5 Å². The first kappa shape index (κ1) is 104. The first-order valence-corrected chi connectivity index (χ1v) is 51.6. The van der Waals surface area contributed by atoms with Crippen LogP contribution in [0.3, 0.4) is 0 Å². The molecule has 0 amide bonds. The summed E-state index contributed by atoms with van der Waals surface area (Å²) in [6.07, 6.45) is 20.9. The fourth-order valence-corrected chi connectivity index (χ4v) is 26.1. The van der Waals surface area contributed by atoms with Crippen LogP contribution in [0.4, 0.5) is 5.95 Å². The summed E-state index contributed by atoms with van der Waals surface area (Å²) in [5, 5.41) is 28.8. The SMILES string of the molecule is CC(C)C1CC=C(n2c(=O)[nH]c3ccccc32)[C@@]1(C)C(C)C.CC(C)C1CC=C(n2c(=S)[nH]c3ccccc32)[C@@]1(C)C(C)C.CC(C)C1CC=C(n2c(C(=O)O)nc3ccccc32)[C@@]1(C)C(C)C.CC(C)C1CC=C(n2c(CC#N)nc3ccccc32)[C@@]1(C)C(C)C.CC(C)C1CC=C(n2c(CO)nc3ccccc32)[C@@]1(C)C(C)C.CC(C)C1CC=C(n2c(N)nc3ccccc32)[C@@]1(C)C(C)C. The predicted molar refractivity (Wildman–Crippen MR) is 576 cm³/mol. The van der Waals surface area contributed by atoms with Gasteiger partial charge < -0.3 is 25.9 Å². The van der Waals surface area contributed by atoms with E-state index in [0.29, 0.717) is 119 Å². The van der Waals surface area contributed by atoms with E-state index in [1.807, 2.05) is 100 Å². The van der Waals surface area contributed by atoms with E-state index < -0.39 is 5.97 Å². The lowest BCUT2D eigenvalue weighted by atomic mass is 9.66. The van der Waals surface area contributed by atoms with Crippen LogP contribution >= 0.6 is 12.2 Å². The summed E-state index contributed by atoms with van der Waals surface area (Å²) < 4.78 is 13.5. The molecule has 18 rings (SSSR count). The van der Waals surface area contributed by atoms with Gasteiger partial charge in [0.15, 0.2) is 4.77 Å². The number of imidazole rings is 6. The number of nitrogen functional groups attached to an aromatic ring is 1. The number of carboxylic acid groups (broad SMARTS) is 1. The third-order valence-electron chi connectivity index (χ3n) is 35.0. The monoisotopic (exact) mass is 1870 g/mol. The molecule has 0 radical (unpaired) electrons. The second kappa shape index (κ2) is 41.0. The maximum atomic E-state index is 12.6. The van der Waals surface area contributed by atoms with E-state index in [9.17, 15) is 25.1 Å². The third kappa shape index (κ3) is 18.3. The number of nitrogens with zero attached hydrogens (tertiary/aromatic N) is 11. The van der Waals surface area contributed by atoms with E-state index in [4.69, 9.17) is 22.9 Å². The number of para-hydroxylation sites is 12. The lowest BCUT2D eigenvalue weighted by molar-refractivity contribution is 0.0680. The molecule has 6 aliphatic rings. The molecule has 12 aromatic rings. The van der Waals surface area contributed by atoms with E-state index in [-0.39, 0.29) is 50.6 Å². The minimum Gasteiger partial charge on any atom is -0.475 e. The highest BCUT2D eigenvalue weighted by Crippen LogP contribution is 2.61. The van der Waals surface area contributed by atoms with Crippen LogP contribution in [-0.4, -0.2) is 73.5 Å². The van der Waals surface area contributed by atoms with Crippen molar-refractivity contribution in [1.29, 1.82) is 5.26 Å². The van der Waals surface area contributed by atoms with Crippen molar-refractivity contribution in [1.82, 2.24) is 57.3 Å². The maximum Gasteiger partial charge on any atom is 0.372 e. The molecule has 6 aromatic heterocycles. The van der Waals surface area contributed by atoms with Gasteiger partial charge in [-0.2, -0.15) is 5.26 Å². The molecule has 6 unspecified atom stereocenters. The molecule has 18 nitrogen and oxygen atoms in total. The highest BCUT2D eigenvalue weighted by atomic mass is 32.1. The van der Waals surface area contributed by atoms with Crippen LogP contribution in [-0.2, 0) is 13.0 Å². The topological polar surface area (TPSA) is 237 Å². The average Bonchev–Trinajstić information content (AvgIpc) is 1.52. The second-order valence-electron chi connectivity index (χ2n) is 45.3. The highest BCUT2D eigenvalue weighted by molar-refractivity contribution is 7.71. The minimum absolute atomic E-state index is 0.0168. The van der Waals surface area contributed by atoms with Crippen LogP contribution in [0.1, 0.15) is 269 Å². The largest absolute Gasteiger partial charge is 0.475 e. The van der Waals surface area contributed by atoms with Crippen molar-refractivity contribution >= 4 is 125 Å². The zero-order chi connectivity index (χ0) is 100. The quantitative estimate of drug-likeness (QED) is 0.0424. The molecule has 12 atom stereocenters. The molecule has 0 aliphatic heterocycles. The van der Waals surface area contributed by atoms with E-state index in [0.717, 1.165) is 121 Å². The Balaban J connectivity index is 0.000000139. The van der Waals surface area contributed by atoms with Crippen molar-refractivity contribution in [2.45, 2.75) is 259 Å². The van der Waals surface area contributed by atoms with Gasteiger partial charge in [0, 0.05) is 66.7 Å². The maximum absolute atomic E-state index is 12.6. The summed E-state index contributed by atoms with van der Waals surface area (Å²) in [7, 11) is 0. The van der Waals surface area contributed by atoms with Gasteiger partial charge in [0.2, 0.25) is 11.8 Å². The number of hydrogen-bond acceptors (Lipinski definition) is 10. The summed E-state index contributed by atoms with van der Waals surface area (Å²) in [6, 6.07) is 50.9. The van der Waals surface area contributed by atoms with Gasteiger partial charge in [0.05, 0.1) is 78.7 Å². The number of aliphatic hydroxyl groups excluding tert-OH is 1. The Labute approximate surface area is 821 Å². The highest BCUT2D eigenvalue weighted by Gasteiger charge is 2.53. The number of benzene rings is 6. The third-order valence-corrected chi connectivity index (χ3v) is 35.2. The number of carbonyl (C=O) groups is 1. The molecule has 6 aromatic carbocycles. The molecule has 6 heterocycles. The van der Waals surface area contributed by atoms with Gasteiger partial charge in [0.1, 0.15) is 18.3 Å². The number of allylic oxidation sites excluding steroid dienone is 12. The smallest absolute Gasteiger partial charge is 0.372 e. The average molecular weight is 1870 g/mol. The first-order chi connectivity index (χ1) is 64.7. The number of H-pyrrole nitrogens is 2. The number of fused-ring (bicyclic) bond motifs is 6. The van der Waals surface area contributed by atoms with Crippen LogP contribution in [0.2, 0.25) is 0 Å². The number of hydrogen-bond donors (Lipinski definition) is 5. The van der Waals surface area contributed by atoms with Crippen molar-refractivity contribution in [2.75, 3.05) is 5.73 Å². The minimum atomic E-state index is -0.980. The summed E-state index contributed by atoms with van der Waals surface area (Å²) in [4.78, 5) is 49.1. The molecule has 19 heteroatoms. The predicted octanol–water partition coefficient (Wildman–Crippen LogP) is 30.1. The van der Waals surface area contributed by atoms with E-state index in [1.54, 1.807) is 0 Å². The Morgan fingerprint density at radius 2 is 0.628 bits per heavy atom. The molecule has 0 saturated carbocycles. The Morgan fingerprint density at radius 3 is 0.956 bits per heavy atom. The van der Waals surface area contributed by atoms with E-state index in [2.05, 4.69) is 348 Å². The molecular formula is C118H160N14O4S.